The van der Waals surface area contributed by atoms with E-state index < -0.39 is 0 Å². The van der Waals surface area contributed by atoms with Crippen molar-refractivity contribution >= 4 is 0 Å². The molecule has 2 aliphatic heterocycles. The summed E-state index contributed by atoms with van der Waals surface area (Å²) >= 11 is 0. The number of hydrogen-bond donors (Lipinski definition) is 1. The second kappa shape index (κ2) is 5.03. The zero-order chi connectivity index (χ0) is 11.6. The van der Waals surface area contributed by atoms with E-state index in [0.717, 1.165) is 13.1 Å². The van der Waals surface area contributed by atoms with E-state index in [1.54, 1.807) is 0 Å². The summed E-state index contributed by atoms with van der Waals surface area (Å²) in [4.78, 5) is 5.35. The van der Waals surface area contributed by atoms with Crippen molar-refractivity contribution in [3.63, 3.8) is 0 Å². The first-order valence-corrected chi connectivity index (χ1v) is 6.81. The standard InChI is InChI=1S/C13H27N3/c1-4-15-8-5-6-12(15)16-9-7-14-10-13(2,3)11-16/h12,14H,4-11H2,1-3H3. The average Bonchev–Trinajstić information content (AvgIpc) is 2.63. The maximum atomic E-state index is 3.56. The molecular formula is C13H27N3. The molecule has 2 heterocycles. The van der Waals surface area contributed by atoms with E-state index in [2.05, 4.69) is 35.9 Å². The van der Waals surface area contributed by atoms with E-state index in [0.29, 0.717) is 11.6 Å². The first kappa shape index (κ1) is 12.3. The third-order valence-corrected chi connectivity index (χ3v) is 3.97. The van der Waals surface area contributed by atoms with Gasteiger partial charge in [-0.1, -0.05) is 20.8 Å². The monoisotopic (exact) mass is 225 g/mol. The van der Waals surface area contributed by atoms with Crippen LogP contribution in [0.2, 0.25) is 0 Å². The van der Waals surface area contributed by atoms with Gasteiger partial charge in [-0.15, -0.1) is 0 Å². The Kier molecular flexibility index (Phi) is 3.88. The Balaban J connectivity index is 2.01. The lowest BCUT2D eigenvalue weighted by atomic mass is 9.93. The fourth-order valence-corrected chi connectivity index (χ4v) is 3.18. The lowest BCUT2D eigenvalue weighted by molar-refractivity contribution is 0.0595. The van der Waals surface area contributed by atoms with Gasteiger partial charge in [0.25, 0.3) is 0 Å². The maximum absolute atomic E-state index is 3.56. The smallest absolute Gasteiger partial charge is 0.0623 e. The van der Waals surface area contributed by atoms with Gasteiger partial charge < -0.3 is 5.32 Å². The molecule has 0 saturated carbocycles. The van der Waals surface area contributed by atoms with E-state index in [1.807, 2.05) is 0 Å². The number of hydrogen-bond acceptors (Lipinski definition) is 3. The highest BCUT2D eigenvalue weighted by Crippen LogP contribution is 2.25. The zero-order valence-corrected chi connectivity index (χ0v) is 11.1. The summed E-state index contributed by atoms with van der Waals surface area (Å²) in [6, 6.07) is 0. The van der Waals surface area contributed by atoms with Gasteiger partial charge in [-0.2, -0.15) is 0 Å². The second-order valence-electron chi connectivity index (χ2n) is 6.06. The Hall–Kier alpha value is -0.120. The van der Waals surface area contributed by atoms with E-state index in [9.17, 15) is 0 Å². The molecule has 1 atom stereocenters. The Morgan fingerprint density at radius 2 is 2.12 bits per heavy atom. The summed E-state index contributed by atoms with van der Waals surface area (Å²) in [5.74, 6) is 0. The molecule has 16 heavy (non-hydrogen) atoms. The van der Waals surface area contributed by atoms with Crippen LogP contribution in [-0.2, 0) is 0 Å². The van der Waals surface area contributed by atoms with Gasteiger partial charge in [0.05, 0.1) is 6.17 Å². The lowest BCUT2D eigenvalue weighted by Gasteiger charge is -2.37. The molecule has 0 aromatic heterocycles. The van der Waals surface area contributed by atoms with Gasteiger partial charge in [0.1, 0.15) is 0 Å². The largest absolute Gasteiger partial charge is 0.315 e. The molecule has 0 radical (unpaired) electrons. The van der Waals surface area contributed by atoms with E-state index >= 15 is 0 Å². The van der Waals surface area contributed by atoms with Crippen molar-refractivity contribution < 1.29 is 0 Å². The molecular weight excluding hydrogens is 198 g/mol. The molecule has 2 rings (SSSR count). The summed E-state index contributed by atoms with van der Waals surface area (Å²) in [7, 11) is 0. The number of nitrogens with one attached hydrogen (secondary N) is 1. The number of likely N-dealkylation sites (tertiary alicyclic amines) is 1. The molecule has 0 spiro atoms. The van der Waals surface area contributed by atoms with Crippen LogP contribution >= 0.6 is 0 Å². The van der Waals surface area contributed by atoms with Gasteiger partial charge in [0, 0.05) is 26.2 Å². The Labute approximate surface area is 100 Å². The molecule has 3 heteroatoms. The molecule has 94 valence electrons. The molecule has 0 bridgehead atoms. The average molecular weight is 225 g/mol. The minimum atomic E-state index is 0.415. The third-order valence-electron chi connectivity index (χ3n) is 3.97. The Morgan fingerprint density at radius 3 is 2.88 bits per heavy atom. The molecule has 0 aromatic carbocycles. The topological polar surface area (TPSA) is 18.5 Å². The predicted molar refractivity (Wildman–Crippen MR) is 68.5 cm³/mol. The van der Waals surface area contributed by atoms with Gasteiger partial charge in [-0.25, -0.2) is 0 Å². The molecule has 2 fully saturated rings. The number of nitrogens with zero attached hydrogens (tertiary/aromatic N) is 2. The van der Waals surface area contributed by atoms with Crippen LogP contribution in [0.25, 0.3) is 0 Å². The molecule has 1 N–H and O–H groups in total. The zero-order valence-electron chi connectivity index (χ0n) is 11.1. The van der Waals surface area contributed by atoms with Crippen LogP contribution in [0.3, 0.4) is 0 Å². The fraction of sp³-hybridized carbons (Fsp3) is 1.00. The molecule has 2 aliphatic rings. The van der Waals surface area contributed by atoms with Crippen molar-refractivity contribution in [2.24, 2.45) is 5.41 Å². The first-order chi connectivity index (χ1) is 7.62. The predicted octanol–water partition coefficient (Wildman–Crippen LogP) is 1.36. The van der Waals surface area contributed by atoms with Crippen LogP contribution < -0.4 is 5.32 Å². The van der Waals surface area contributed by atoms with Gasteiger partial charge in [0.15, 0.2) is 0 Å². The summed E-state index contributed by atoms with van der Waals surface area (Å²) < 4.78 is 0. The van der Waals surface area contributed by atoms with E-state index in [-0.39, 0.29) is 0 Å². The van der Waals surface area contributed by atoms with Crippen molar-refractivity contribution in [1.29, 1.82) is 0 Å². The molecule has 0 aromatic rings. The van der Waals surface area contributed by atoms with Crippen molar-refractivity contribution in [3.05, 3.63) is 0 Å². The highest BCUT2D eigenvalue weighted by Gasteiger charge is 2.33. The SMILES string of the molecule is CCN1CCCC1N1CCNCC(C)(C)C1. The van der Waals surface area contributed by atoms with Crippen LogP contribution in [0.4, 0.5) is 0 Å². The third kappa shape index (κ3) is 2.76. The van der Waals surface area contributed by atoms with Gasteiger partial charge >= 0.3 is 0 Å². The minimum absolute atomic E-state index is 0.415. The molecule has 3 nitrogen and oxygen atoms in total. The number of rotatable bonds is 2. The van der Waals surface area contributed by atoms with Crippen LogP contribution in [-0.4, -0.2) is 55.2 Å². The molecule has 2 saturated heterocycles. The fourth-order valence-electron chi connectivity index (χ4n) is 3.18. The highest BCUT2D eigenvalue weighted by molar-refractivity contribution is 4.86. The summed E-state index contributed by atoms with van der Waals surface area (Å²) in [5.41, 5.74) is 0.415. The maximum Gasteiger partial charge on any atom is 0.0623 e. The van der Waals surface area contributed by atoms with E-state index in [1.165, 1.54) is 39.0 Å². The van der Waals surface area contributed by atoms with Crippen molar-refractivity contribution in [3.8, 4) is 0 Å². The molecule has 1 unspecified atom stereocenters. The van der Waals surface area contributed by atoms with Crippen molar-refractivity contribution in [2.45, 2.75) is 39.8 Å². The highest BCUT2D eigenvalue weighted by atomic mass is 15.4. The van der Waals surface area contributed by atoms with Crippen LogP contribution in [0.5, 0.6) is 0 Å². The van der Waals surface area contributed by atoms with Crippen LogP contribution in [0.15, 0.2) is 0 Å². The Morgan fingerprint density at radius 1 is 1.31 bits per heavy atom. The molecule has 0 aliphatic carbocycles. The van der Waals surface area contributed by atoms with Gasteiger partial charge in [0.2, 0.25) is 0 Å². The summed E-state index contributed by atoms with van der Waals surface area (Å²) in [6.07, 6.45) is 3.46. The minimum Gasteiger partial charge on any atom is -0.315 e. The quantitative estimate of drug-likeness (QED) is 0.765. The molecule has 0 amide bonds. The van der Waals surface area contributed by atoms with E-state index in [4.69, 9.17) is 0 Å². The normalized spacial score (nSPS) is 32.8. The summed E-state index contributed by atoms with van der Waals surface area (Å²) in [5, 5.41) is 3.56. The van der Waals surface area contributed by atoms with Gasteiger partial charge in [-0.05, 0) is 31.3 Å². The van der Waals surface area contributed by atoms with Crippen LogP contribution in [0.1, 0.15) is 33.6 Å². The Bertz CT molecular complexity index is 227. The summed E-state index contributed by atoms with van der Waals surface area (Å²) in [6.45, 7) is 14.3. The van der Waals surface area contributed by atoms with Crippen molar-refractivity contribution in [2.75, 3.05) is 39.3 Å². The second-order valence-corrected chi connectivity index (χ2v) is 6.06. The first-order valence-electron chi connectivity index (χ1n) is 6.81. The lowest BCUT2D eigenvalue weighted by Crippen LogP contribution is -2.48. The van der Waals surface area contributed by atoms with Gasteiger partial charge in [-0.3, -0.25) is 9.80 Å². The van der Waals surface area contributed by atoms with Crippen LogP contribution in [0, 0.1) is 5.41 Å². The van der Waals surface area contributed by atoms with Crippen molar-refractivity contribution in [1.82, 2.24) is 15.1 Å².